The van der Waals surface area contributed by atoms with E-state index >= 15 is 0 Å². The zero-order chi connectivity index (χ0) is 10.1. The van der Waals surface area contributed by atoms with Gasteiger partial charge in [0.05, 0.1) is 5.92 Å². The van der Waals surface area contributed by atoms with Crippen LogP contribution in [-0.2, 0) is 0 Å². The molecule has 1 rings (SSSR count). The van der Waals surface area contributed by atoms with Gasteiger partial charge in [-0.25, -0.2) is 0 Å². The second kappa shape index (κ2) is 3.86. The van der Waals surface area contributed by atoms with Crippen molar-refractivity contribution in [3.05, 3.63) is 0 Å². The van der Waals surface area contributed by atoms with Crippen LogP contribution >= 0.6 is 0 Å². The summed E-state index contributed by atoms with van der Waals surface area (Å²) in [6.07, 6.45) is -2.00. The van der Waals surface area contributed by atoms with Crippen molar-refractivity contribution < 1.29 is 13.2 Å². The monoisotopic (exact) mass is 195 g/mol. The molecule has 1 saturated carbocycles. The normalized spacial score (nSPS) is 33.0. The molecule has 1 nitrogen and oxygen atoms in total. The van der Waals surface area contributed by atoms with Gasteiger partial charge in [-0.05, 0) is 32.1 Å². The van der Waals surface area contributed by atoms with Crippen LogP contribution in [0.5, 0.6) is 0 Å². The van der Waals surface area contributed by atoms with E-state index in [0.717, 1.165) is 6.42 Å². The number of halogens is 3. The Balaban J connectivity index is 2.52. The Morgan fingerprint density at radius 2 is 1.92 bits per heavy atom. The van der Waals surface area contributed by atoms with Crippen molar-refractivity contribution in [2.24, 2.45) is 17.6 Å². The number of alkyl halides is 3. The van der Waals surface area contributed by atoms with E-state index < -0.39 is 12.1 Å². The summed E-state index contributed by atoms with van der Waals surface area (Å²) in [6, 6.07) is -0.106. The Kier molecular flexibility index (Phi) is 3.22. The van der Waals surface area contributed by atoms with Crippen LogP contribution in [0.15, 0.2) is 0 Å². The summed E-state index contributed by atoms with van der Waals surface area (Å²) in [7, 11) is 0. The summed E-state index contributed by atoms with van der Waals surface area (Å²) in [5.41, 5.74) is 5.61. The van der Waals surface area contributed by atoms with Crippen LogP contribution < -0.4 is 5.73 Å². The highest BCUT2D eigenvalue weighted by atomic mass is 19.4. The summed E-state index contributed by atoms with van der Waals surface area (Å²) in [5.74, 6) is -1.06. The molecule has 1 aliphatic rings. The SMILES string of the molecule is C[C@@H](N)C1CCCC(C(F)(F)F)C1. The molecule has 0 aromatic carbocycles. The van der Waals surface area contributed by atoms with Crippen LogP contribution in [0.3, 0.4) is 0 Å². The fraction of sp³-hybridized carbons (Fsp3) is 1.00. The standard InChI is InChI=1S/C9H16F3N/c1-6(13)7-3-2-4-8(5-7)9(10,11)12/h6-8H,2-5,13H2,1H3/t6-,7?,8?/m1/s1. The quantitative estimate of drug-likeness (QED) is 0.684. The molecule has 0 spiro atoms. The van der Waals surface area contributed by atoms with Crippen LogP contribution in [0.25, 0.3) is 0 Å². The van der Waals surface area contributed by atoms with Crippen LogP contribution in [0.1, 0.15) is 32.6 Å². The van der Waals surface area contributed by atoms with Crippen molar-refractivity contribution in [2.45, 2.75) is 44.8 Å². The molecule has 0 aromatic heterocycles. The molecular formula is C9H16F3N. The molecule has 0 amide bonds. The van der Waals surface area contributed by atoms with Crippen LogP contribution in [-0.4, -0.2) is 12.2 Å². The fourth-order valence-electron chi connectivity index (χ4n) is 2.00. The van der Waals surface area contributed by atoms with Gasteiger partial charge in [0.2, 0.25) is 0 Å². The van der Waals surface area contributed by atoms with Crippen molar-refractivity contribution >= 4 is 0 Å². The number of hydrogen-bond donors (Lipinski definition) is 1. The van der Waals surface area contributed by atoms with E-state index in [-0.39, 0.29) is 24.8 Å². The van der Waals surface area contributed by atoms with Gasteiger partial charge < -0.3 is 5.73 Å². The number of hydrogen-bond acceptors (Lipinski definition) is 1. The minimum absolute atomic E-state index is 0.0559. The van der Waals surface area contributed by atoms with E-state index in [0.29, 0.717) is 6.42 Å². The Labute approximate surface area is 76.5 Å². The molecule has 0 aliphatic heterocycles. The Hall–Kier alpha value is -0.250. The van der Waals surface area contributed by atoms with Gasteiger partial charge in [-0.15, -0.1) is 0 Å². The van der Waals surface area contributed by atoms with Crippen LogP contribution in [0, 0.1) is 11.8 Å². The lowest BCUT2D eigenvalue weighted by molar-refractivity contribution is -0.186. The lowest BCUT2D eigenvalue weighted by Crippen LogP contribution is -2.35. The second-order valence-electron chi connectivity index (χ2n) is 4.02. The lowest BCUT2D eigenvalue weighted by atomic mass is 9.78. The molecule has 3 atom stereocenters. The van der Waals surface area contributed by atoms with E-state index in [9.17, 15) is 13.2 Å². The minimum atomic E-state index is -4.02. The van der Waals surface area contributed by atoms with Gasteiger partial charge in [-0.3, -0.25) is 0 Å². The molecule has 0 radical (unpaired) electrons. The van der Waals surface area contributed by atoms with Crippen LogP contribution in [0.2, 0.25) is 0 Å². The first-order chi connectivity index (χ1) is 5.91. The summed E-state index contributed by atoms with van der Waals surface area (Å²) in [5, 5.41) is 0. The number of nitrogens with two attached hydrogens (primary N) is 1. The maximum atomic E-state index is 12.3. The average molecular weight is 195 g/mol. The molecule has 0 bridgehead atoms. The highest BCUT2D eigenvalue weighted by molar-refractivity contribution is 4.81. The summed E-state index contributed by atoms with van der Waals surface area (Å²) >= 11 is 0. The van der Waals surface area contributed by atoms with Crippen LogP contribution in [0.4, 0.5) is 13.2 Å². The molecule has 0 saturated heterocycles. The van der Waals surface area contributed by atoms with Crippen molar-refractivity contribution in [3.8, 4) is 0 Å². The first-order valence-corrected chi connectivity index (χ1v) is 4.73. The predicted octanol–water partition coefficient (Wildman–Crippen LogP) is 2.70. The van der Waals surface area contributed by atoms with Gasteiger partial charge >= 0.3 is 6.18 Å². The highest BCUT2D eigenvalue weighted by Gasteiger charge is 2.42. The molecule has 78 valence electrons. The van der Waals surface area contributed by atoms with E-state index in [4.69, 9.17) is 5.73 Å². The molecule has 2 N–H and O–H groups in total. The molecule has 0 heterocycles. The van der Waals surface area contributed by atoms with Gasteiger partial charge in [-0.1, -0.05) is 6.42 Å². The maximum absolute atomic E-state index is 12.3. The molecular weight excluding hydrogens is 179 g/mol. The minimum Gasteiger partial charge on any atom is -0.328 e. The third-order valence-corrected chi connectivity index (χ3v) is 2.92. The third kappa shape index (κ3) is 2.86. The number of rotatable bonds is 1. The average Bonchev–Trinajstić information content (AvgIpc) is 2.03. The van der Waals surface area contributed by atoms with E-state index in [1.165, 1.54) is 0 Å². The second-order valence-corrected chi connectivity index (χ2v) is 4.02. The van der Waals surface area contributed by atoms with Gasteiger partial charge in [0.25, 0.3) is 0 Å². The molecule has 0 aromatic rings. The zero-order valence-corrected chi connectivity index (χ0v) is 7.77. The predicted molar refractivity (Wildman–Crippen MR) is 45.2 cm³/mol. The van der Waals surface area contributed by atoms with Gasteiger partial charge in [0.15, 0.2) is 0 Å². The Morgan fingerprint density at radius 1 is 1.31 bits per heavy atom. The van der Waals surface area contributed by atoms with Crippen molar-refractivity contribution in [3.63, 3.8) is 0 Å². The first kappa shape index (κ1) is 10.8. The van der Waals surface area contributed by atoms with E-state index in [1.807, 2.05) is 0 Å². The molecule has 13 heavy (non-hydrogen) atoms. The Morgan fingerprint density at radius 3 is 2.38 bits per heavy atom. The van der Waals surface area contributed by atoms with E-state index in [2.05, 4.69) is 0 Å². The van der Waals surface area contributed by atoms with Gasteiger partial charge in [0, 0.05) is 6.04 Å². The van der Waals surface area contributed by atoms with Crippen molar-refractivity contribution in [1.29, 1.82) is 0 Å². The molecule has 1 fully saturated rings. The lowest BCUT2D eigenvalue weighted by Gasteiger charge is -2.32. The van der Waals surface area contributed by atoms with Gasteiger partial charge in [0.1, 0.15) is 0 Å². The fourth-order valence-corrected chi connectivity index (χ4v) is 2.00. The summed E-state index contributed by atoms with van der Waals surface area (Å²) in [6.45, 7) is 1.80. The summed E-state index contributed by atoms with van der Waals surface area (Å²) < 4.78 is 37.0. The topological polar surface area (TPSA) is 26.0 Å². The highest BCUT2D eigenvalue weighted by Crippen LogP contribution is 2.40. The Bertz CT molecular complexity index is 165. The maximum Gasteiger partial charge on any atom is 0.391 e. The first-order valence-electron chi connectivity index (χ1n) is 4.73. The summed E-state index contributed by atoms with van der Waals surface area (Å²) in [4.78, 5) is 0. The van der Waals surface area contributed by atoms with Crippen molar-refractivity contribution in [2.75, 3.05) is 0 Å². The van der Waals surface area contributed by atoms with Crippen molar-refractivity contribution in [1.82, 2.24) is 0 Å². The largest absolute Gasteiger partial charge is 0.391 e. The van der Waals surface area contributed by atoms with E-state index in [1.54, 1.807) is 6.92 Å². The third-order valence-electron chi connectivity index (χ3n) is 2.92. The smallest absolute Gasteiger partial charge is 0.328 e. The molecule has 1 aliphatic carbocycles. The molecule has 2 unspecified atom stereocenters. The molecule has 4 heteroatoms. The van der Waals surface area contributed by atoms with Gasteiger partial charge in [-0.2, -0.15) is 13.2 Å². The zero-order valence-electron chi connectivity index (χ0n) is 7.77.